The summed E-state index contributed by atoms with van der Waals surface area (Å²) in [4.78, 5) is 4.61. The maximum absolute atomic E-state index is 5.70. The first kappa shape index (κ1) is 12.1. The van der Waals surface area contributed by atoms with Crippen LogP contribution in [0.1, 0.15) is 43.3 Å². The number of nitrogens with zero attached hydrogens (tertiary/aromatic N) is 3. The number of aromatic nitrogens is 3. The Morgan fingerprint density at radius 1 is 1.28 bits per heavy atom. The van der Waals surface area contributed by atoms with Crippen LogP contribution in [0.25, 0.3) is 0 Å². The van der Waals surface area contributed by atoms with Gasteiger partial charge in [0.15, 0.2) is 0 Å². The molecule has 1 aliphatic heterocycles. The van der Waals surface area contributed by atoms with Gasteiger partial charge in [-0.15, -0.1) is 0 Å². The molecule has 0 unspecified atom stereocenters. The lowest BCUT2D eigenvalue weighted by Gasteiger charge is -2.23. The predicted molar refractivity (Wildman–Crippen MR) is 66.5 cm³/mol. The molecule has 2 aliphatic rings. The third kappa shape index (κ3) is 2.57. The quantitative estimate of drug-likeness (QED) is 0.819. The van der Waals surface area contributed by atoms with Crippen molar-refractivity contribution in [3.63, 3.8) is 0 Å². The molecule has 1 aromatic heterocycles. The monoisotopic (exact) mass is 251 g/mol. The normalized spacial score (nSPS) is 25.7. The van der Waals surface area contributed by atoms with Gasteiger partial charge in [0.25, 0.3) is 0 Å². The topological polar surface area (TPSA) is 49.2 Å². The summed E-state index contributed by atoms with van der Waals surface area (Å²) in [6, 6.07) is 0. The Morgan fingerprint density at radius 3 is 2.83 bits per heavy atom. The molecule has 100 valence electrons. The molecular formula is C13H21N3O2. The van der Waals surface area contributed by atoms with E-state index in [9.17, 15) is 0 Å². The Hall–Kier alpha value is -0.940. The molecule has 5 nitrogen and oxygen atoms in total. The molecule has 1 aromatic rings. The summed E-state index contributed by atoms with van der Waals surface area (Å²) < 4.78 is 13.2. The highest BCUT2D eigenvalue weighted by molar-refractivity contribution is 5.02. The van der Waals surface area contributed by atoms with E-state index in [2.05, 4.69) is 10.1 Å². The van der Waals surface area contributed by atoms with Crippen molar-refractivity contribution in [2.24, 2.45) is 0 Å². The van der Waals surface area contributed by atoms with E-state index in [1.165, 1.54) is 25.7 Å². The Bertz CT molecular complexity index is 393. The van der Waals surface area contributed by atoms with E-state index in [4.69, 9.17) is 9.47 Å². The first-order valence-electron chi connectivity index (χ1n) is 6.93. The van der Waals surface area contributed by atoms with E-state index in [0.29, 0.717) is 25.7 Å². The highest BCUT2D eigenvalue weighted by Gasteiger charge is 2.25. The van der Waals surface area contributed by atoms with Gasteiger partial charge in [0.1, 0.15) is 17.8 Å². The second-order valence-electron chi connectivity index (χ2n) is 5.25. The highest BCUT2D eigenvalue weighted by Crippen LogP contribution is 2.33. The number of hydrogen-bond acceptors (Lipinski definition) is 4. The van der Waals surface area contributed by atoms with Crippen LogP contribution in [0.5, 0.6) is 0 Å². The molecule has 0 N–H and O–H groups in total. The summed E-state index contributed by atoms with van der Waals surface area (Å²) in [5.41, 5.74) is 0. The molecule has 0 spiro atoms. The standard InChI is InChI=1S/C13H21N3O2/c1-10-14-13(11-4-2-3-5-11)16(15-10)8-12-9-17-6-7-18-12/h11-12H,2-9H2,1H3/t12-/m1/s1. The van der Waals surface area contributed by atoms with Gasteiger partial charge < -0.3 is 9.47 Å². The van der Waals surface area contributed by atoms with Gasteiger partial charge in [-0.25, -0.2) is 9.67 Å². The van der Waals surface area contributed by atoms with Crippen molar-refractivity contribution in [3.8, 4) is 0 Å². The van der Waals surface area contributed by atoms with Gasteiger partial charge in [-0.1, -0.05) is 12.8 Å². The molecule has 1 saturated heterocycles. The van der Waals surface area contributed by atoms with E-state index in [1.807, 2.05) is 11.6 Å². The number of hydrogen-bond donors (Lipinski definition) is 0. The first-order valence-corrected chi connectivity index (χ1v) is 6.93. The molecule has 0 bridgehead atoms. The number of aryl methyl sites for hydroxylation is 1. The first-order chi connectivity index (χ1) is 8.83. The van der Waals surface area contributed by atoms with Gasteiger partial charge in [0.2, 0.25) is 0 Å². The van der Waals surface area contributed by atoms with Crippen LogP contribution in [0.15, 0.2) is 0 Å². The van der Waals surface area contributed by atoms with E-state index in [-0.39, 0.29) is 6.10 Å². The summed E-state index contributed by atoms with van der Waals surface area (Å²) in [5.74, 6) is 2.61. The summed E-state index contributed by atoms with van der Waals surface area (Å²) in [5, 5.41) is 4.52. The lowest BCUT2D eigenvalue weighted by Crippen LogP contribution is -2.33. The van der Waals surface area contributed by atoms with Gasteiger partial charge in [-0.2, -0.15) is 5.10 Å². The molecule has 0 aromatic carbocycles. The van der Waals surface area contributed by atoms with Gasteiger partial charge in [0.05, 0.1) is 26.4 Å². The van der Waals surface area contributed by atoms with Crippen molar-refractivity contribution in [2.45, 2.75) is 51.2 Å². The van der Waals surface area contributed by atoms with Crippen LogP contribution in [0.4, 0.5) is 0 Å². The van der Waals surface area contributed by atoms with Crippen molar-refractivity contribution >= 4 is 0 Å². The van der Waals surface area contributed by atoms with Gasteiger partial charge >= 0.3 is 0 Å². The molecule has 1 atom stereocenters. The Kier molecular flexibility index (Phi) is 3.61. The van der Waals surface area contributed by atoms with Crippen LogP contribution >= 0.6 is 0 Å². The molecule has 1 aliphatic carbocycles. The molecule has 18 heavy (non-hydrogen) atoms. The fourth-order valence-corrected chi connectivity index (χ4v) is 2.93. The van der Waals surface area contributed by atoms with Crippen LogP contribution in [-0.2, 0) is 16.0 Å². The predicted octanol–water partition coefficient (Wildman–Crippen LogP) is 1.66. The third-order valence-corrected chi connectivity index (χ3v) is 3.79. The SMILES string of the molecule is Cc1nc(C2CCCC2)n(C[C@@H]2COCCO2)n1. The zero-order chi connectivity index (χ0) is 12.4. The largest absolute Gasteiger partial charge is 0.376 e. The fourth-order valence-electron chi connectivity index (χ4n) is 2.93. The maximum Gasteiger partial charge on any atom is 0.147 e. The molecule has 2 fully saturated rings. The fraction of sp³-hybridized carbons (Fsp3) is 0.846. The summed E-state index contributed by atoms with van der Waals surface area (Å²) in [6.07, 6.45) is 5.26. The van der Waals surface area contributed by atoms with Crippen molar-refractivity contribution in [1.82, 2.24) is 14.8 Å². The van der Waals surface area contributed by atoms with Crippen LogP contribution in [0.3, 0.4) is 0 Å². The molecular weight excluding hydrogens is 230 g/mol. The Labute approximate surface area is 107 Å². The van der Waals surface area contributed by atoms with Crippen LogP contribution < -0.4 is 0 Å². The molecule has 2 heterocycles. The molecule has 1 saturated carbocycles. The Balaban J connectivity index is 1.73. The van der Waals surface area contributed by atoms with E-state index in [1.54, 1.807) is 0 Å². The molecule has 5 heteroatoms. The number of rotatable bonds is 3. The van der Waals surface area contributed by atoms with Crippen LogP contribution in [-0.4, -0.2) is 40.7 Å². The van der Waals surface area contributed by atoms with Gasteiger partial charge in [0, 0.05) is 5.92 Å². The molecule has 0 amide bonds. The molecule has 3 rings (SSSR count). The van der Waals surface area contributed by atoms with E-state index in [0.717, 1.165) is 18.2 Å². The van der Waals surface area contributed by atoms with Crippen molar-refractivity contribution < 1.29 is 9.47 Å². The zero-order valence-corrected chi connectivity index (χ0v) is 11.0. The summed E-state index contributed by atoms with van der Waals surface area (Å²) in [7, 11) is 0. The second kappa shape index (κ2) is 5.36. The summed E-state index contributed by atoms with van der Waals surface area (Å²) in [6.45, 7) is 4.81. The minimum absolute atomic E-state index is 0.125. The molecule has 0 radical (unpaired) electrons. The van der Waals surface area contributed by atoms with Crippen molar-refractivity contribution in [2.75, 3.05) is 19.8 Å². The van der Waals surface area contributed by atoms with Gasteiger partial charge in [-0.3, -0.25) is 0 Å². The highest BCUT2D eigenvalue weighted by atomic mass is 16.6. The van der Waals surface area contributed by atoms with Crippen molar-refractivity contribution in [3.05, 3.63) is 11.6 Å². The lowest BCUT2D eigenvalue weighted by atomic mass is 10.1. The third-order valence-electron chi connectivity index (χ3n) is 3.79. The van der Waals surface area contributed by atoms with Crippen molar-refractivity contribution in [1.29, 1.82) is 0 Å². The minimum Gasteiger partial charge on any atom is -0.376 e. The second-order valence-corrected chi connectivity index (χ2v) is 5.25. The maximum atomic E-state index is 5.70. The van der Waals surface area contributed by atoms with Gasteiger partial charge in [-0.05, 0) is 19.8 Å². The zero-order valence-electron chi connectivity index (χ0n) is 11.0. The lowest BCUT2D eigenvalue weighted by molar-refractivity contribution is -0.0949. The van der Waals surface area contributed by atoms with E-state index < -0.39 is 0 Å². The number of ether oxygens (including phenoxy) is 2. The average Bonchev–Trinajstić information content (AvgIpc) is 3.00. The summed E-state index contributed by atoms with van der Waals surface area (Å²) >= 11 is 0. The average molecular weight is 251 g/mol. The minimum atomic E-state index is 0.125. The van der Waals surface area contributed by atoms with Crippen LogP contribution in [0, 0.1) is 6.92 Å². The smallest absolute Gasteiger partial charge is 0.147 e. The van der Waals surface area contributed by atoms with E-state index >= 15 is 0 Å². The Morgan fingerprint density at radius 2 is 2.11 bits per heavy atom. The van der Waals surface area contributed by atoms with Crippen LogP contribution in [0.2, 0.25) is 0 Å².